The van der Waals surface area contributed by atoms with Gasteiger partial charge in [0.1, 0.15) is 5.82 Å². The molecule has 2 N–H and O–H groups in total. The van der Waals surface area contributed by atoms with E-state index in [0.29, 0.717) is 11.5 Å². The lowest BCUT2D eigenvalue weighted by Gasteiger charge is -2.28. The highest BCUT2D eigenvalue weighted by molar-refractivity contribution is 9.10. The minimum absolute atomic E-state index is 0.0393. The molecule has 2 unspecified atom stereocenters. The SMILES string of the molecule is CCC1CCNC(C(=O)NCc2cc(Br)ccc2F)C1. The molecule has 20 heavy (non-hydrogen) atoms. The third kappa shape index (κ3) is 4.03. The summed E-state index contributed by atoms with van der Waals surface area (Å²) in [6.07, 6.45) is 3.09. The van der Waals surface area contributed by atoms with Gasteiger partial charge in [-0.2, -0.15) is 0 Å². The summed E-state index contributed by atoms with van der Waals surface area (Å²) in [4.78, 5) is 12.1. The maximum absolute atomic E-state index is 13.6. The molecule has 1 aromatic rings. The fourth-order valence-electron chi connectivity index (χ4n) is 2.55. The maximum Gasteiger partial charge on any atom is 0.237 e. The molecule has 5 heteroatoms. The standard InChI is InChI=1S/C15H20BrFN2O/c1-2-10-5-6-18-14(7-10)15(20)19-9-11-8-12(16)3-4-13(11)17/h3-4,8,10,14,18H,2,5-7,9H2,1H3,(H,19,20). The number of amides is 1. The van der Waals surface area contributed by atoms with Crippen LogP contribution in [0.15, 0.2) is 22.7 Å². The quantitative estimate of drug-likeness (QED) is 0.883. The second kappa shape index (κ2) is 7.18. The summed E-state index contributed by atoms with van der Waals surface area (Å²) in [6.45, 7) is 3.25. The first-order chi connectivity index (χ1) is 9.60. The van der Waals surface area contributed by atoms with E-state index in [4.69, 9.17) is 0 Å². The lowest BCUT2D eigenvalue weighted by Crippen LogP contribution is -2.48. The topological polar surface area (TPSA) is 41.1 Å². The molecule has 110 valence electrons. The Kier molecular flexibility index (Phi) is 5.54. The Hall–Kier alpha value is -0.940. The van der Waals surface area contributed by atoms with Crippen LogP contribution in [0.4, 0.5) is 4.39 Å². The molecule has 1 aliphatic rings. The number of piperidine rings is 1. The summed E-state index contributed by atoms with van der Waals surface area (Å²) < 4.78 is 14.4. The van der Waals surface area contributed by atoms with Gasteiger partial charge in [-0.05, 0) is 43.5 Å². The Labute approximate surface area is 127 Å². The van der Waals surface area contributed by atoms with Gasteiger partial charge in [0.05, 0.1) is 6.04 Å². The van der Waals surface area contributed by atoms with Gasteiger partial charge >= 0.3 is 0 Å². The van der Waals surface area contributed by atoms with Gasteiger partial charge in [0.15, 0.2) is 0 Å². The lowest BCUT2D eigenvalue weighted by molar-refractivity contribution is -0.124. The van der Waals surface area contributed by atoms with Gasteiger partial charge in [0, 0.05) is 16.6 Å². The molecule has 2 rings (SSSR count). The highest BCUT2D eigenvalue weighted by atomic mass is 79.9. The zero-order chi connectivity index (χ0) is 14.5. The predicted octanol–water partition coefficient (Wildman–Crippen LogP) is 2.98. The Morgan fingerprint density at radius 2 is 2.35 bits per heavy atom. The Morgan fingerprint density at radius 3 is 3.10 bits per heavy atom. The Bertz CT molecular complexity index is 481. The van der Waals surface area contributed by atoms with E-state index in [9.17, 15) is 9.18 Å². The van der Waals surface area contributed by atoms with Crippen LogP contribution in [0.5, 0.6) is 0 Å². The first-order valence-electron chi connectivity index (χ1n) is 7.05. The van der Waals surface area contributed by atoms with Crippen molar-refractivity contribution >= 4 is 21.8 Å². The minimum atomic E-state index is -0.295. The molecule has 0 aliphatic carbocycles. The van der Waals surface area contributed by atoms with Gasteiger partial charge in [-0.3, -0.25) is 4.79 Å². The third-order valence-electron chi connectivity index (χ3n) is 3.87. The number of carbonyl (C=O) groups is 1. The molecule has 0 spiro atoms. The molecule has 1 saturated heterocycles. The molecule has 1 fully saturated rings. The largest absolute Gasteiger partial charge is 0.351 e. The Balaban J connectivity index is 1.90. The third-order valence-corrected chi connectivity index (χ3v) is 4.36. The van der Waals surface area contributed by atoms with Gasteiger partial charge in [-0.15, -0.1) is 0 Å². The van der Waals surface area contributed by atoms with Crippen LogP contribution in [0.25, 0.3) is 0 Å². The molecule has 0 bridgehead atoms. The summed E-state index contributed by atoms with van der Waals surface area (Å²) in [5.41, 5.74) is 0.496. The molecule has 1 aromatic carbocycles. The van der Waals surface area contributed by atoms with E-state index in [2.05, 4.69) is 33.5 Å². The number of hydrogen-bond acceptors (Lipinski definition) is 2. The van der Waals surface area contributed by atoms with Gasteiger partial charge in [-0.1, -0.05) is 29.3 Å². The molecular formula is C15H20BrFN2O. The average molecular weight is 343 g/mol. The smallest absolute Gasteiger partial charge is 0.237 e. The zero-order valence-corrected chi connectivity index (χ0v) is 13.2. The molecular weight excluding hydrogens is 323 g/mol. The number of nitrogens with one attached hydrogen (secondary N) is 2. The maximum atomic E-state index is 13.6. The second-order valence-corrected chi connectivity index (χ2v) is 6.17. The van der Waals surface area contributed by atoms with Crippen molar-refractivity contribution in [2.75, 3.05) is 6.54 Å². The summed E-state index contributed by atoms with van der Waals surface area (Å²) in [5.74, 6) is 0.272. The fraction of sp³-hybridized carbons (Fsp3) is 0.533. The molecule has 0 aromatic heterocycles. The molecule has 0 saturated carbocycles. The number of hydrogen-bond donors (Lipinski definition) is 2. The van der Waals surface area contributed by atoms with Crippen molar-refractivity contribution in [3.05, 3.63) is 34.1 Å². The molecule has 3 nitrogen and oxygen atoms in total. The highest BCUT2D eigenvalue weighted by Gasteiger charge is 2.25. The van der Waals surface area contributed by atoms with Crippen molar-refractivity contribution < 1.29 is 9.18 Å². The van der Waals surface area contributed by atoms with Crippen LogP contribution in [0.2, 0.25) is 0 Å². The fourth-order valence-corrected chi connectivity index (χ4v) is 2.96. The van der Waals surface area contributed by atoms with Crippen LogP contribution in [0, 0.1) is 11.7 Å². The van der Waals surface area contributed by atoms with Gasteiger partial charge < -0.3 is 10.6 Å². The average Bonchev–Trinajstić information content (AvgIpc) is 2.48. The van der Waals surface area contributed by atoms with Crippen molar-refractivity contribution in [3.8, 4) is 0 Å². The van der Waals surface area contributed by atoms with Crippen molar-refractivity contribution in [3.63, 3.8) is 0 Å². The molecule has 1 aliphatic heterocycles. The summed E-state index contributed by atoms with van der Waals surface area (Å²) in [6, 6.07) is 4.59. The van der Waals surface area contributed by atoms with Gasteiger partial charge in [-0.25, -0.2) is 4.39 Å². The second-order valence-electron chi connectivity index (χ2n) is 5.26. The molecule has 1 heterocycles. The van der Waals surface area contributed by atoms with Crippen LogP contribution in [-0.2, 0) is 11.3 Å². The van der Waals surface area contributed by atoms with Crippen LogP contribution < -0.4 is 10.6 Å². The van der Waals surface area contributed by atoms with E-state index >= 15 is 0 Å². The van der Waals surface area contributed by atoms with Crippen LogP contribution in [0.3, 0.4) is 0 Å². The number of carbonyl (C=O) groups excluding carboxylic acids is 1. The van der Waals surface area contributed by atoms with Gasteiger partial charge in [0.2, 0.25) is 5.91 Å². The van der Waals surface area contributed by atoms with Crippen LogP contribution in [-0.4, -0.2) is 18.5 Å². The van der Waals surface area contributed by atoms with E-state index < -0.39 is 0 Å². The molecule has 2 atom stereocenters. The van der Waals surface area contributed by atoms with E-state index in [0.717, 1.165) is 30.3 Å². The van der Waals surface area contributed by atoms with Crippen molar-refractivity contribution in [1.82, 2.24) is 10.6 Å². The summed E-state index contributed by atoms with van der Waals surface area (Å²) in [5, 5.41) is 6.05. The first-order valence-corrected chi connectivity index (χ1v) is 7.84. The minimum Gasteiger partial charge on any atom is -0.351 e. The summed E-state index contributed by atoms with van der Waals surface area (Å²) >= 11 is 3.31. The van der Waals surface area contributed by atoms with E-state index in [1.807, 2.05) is 0 Å². The Morgan fingerprint density at radius 1 is 1.55 bits per heavy atom. The monoisotopic (exact) mass is 342 g/mol. The lowest BCUT2D eigenvalue weighted by atomic mass is 9.90. The van der Waals surface area contributed by atoms with Crippen molar-refractivity contribution in [2.45, 2.75) is 38.8 Å². The molecule has 1 amide bonds. The zero-order valence-electron chi connectivity index (χ0n) is 11.6. The normalized spacial score (nSPS) is 22.6. The number of rotatable bonds is 4. The predicted molar refractivity (Wildman–Crippen MR) is 80.8 cm³/mol. The molecule has 0 radical (unpaired) electrons. The number of halogens is 2. The van der Waals surface area contributed by atoms with Crippen LogP contribution in [0.1, 0.15) is 31.7 Å². The first kappa shape index (κ1) is 15.4. The van der Waals surface area contributed by atoms with Gasteiger partial charge in [0.25, 0.3) is 0 Å². The van der Waals surface area contributed by atoms with Crippen molar-refractivity contribution in [2.24, 2.45) is 5.92 Å². The van der Waals surface area contributed by atoms with Crippen LogP contribution >= 0.6 is 15.9 Å². The van der Waals surface area contributed by atoms with E-state index in [1.54, 1.807) is 12.1 Å². The number of benzene rings is 1. The van der Waals surface area contributed by atoms with E-state index in [1.165, 1.54) is 6.07 Å². The van der Waals surface area contributed by atoms with E-state index in [-0.39, 0.29) is 24.3 Å². The van der Waals surface area contributed by atoms with Crippen molar-refractivity contribution in [1.29, 1.82) is 0 Å². The summed E-state index contributed by atoms with van der Waals surface area (Å²) in [7, 11) is 0. The highest BCUT2D eigenvalue weighted by Crippen LogP contribution is 2.20.